The first-order valence-electron chi connectivity index (χ1n) is 11.0. The van der Waals surface area contributed by atoms with Crippen molar-refractivity contribution in [3.8, 4) is 0 Å². The molecular weight excluding hydrogens is 358 g/mol. The molecular formula is C22H41NO5. The van der Waals surface area contributed by atoms with E-state index in [2.05, 4.69) is 6.92 Å². The number of nitrogens with two attached hydrogens (primary N) is 1. The zero-order valence-corrected chi connectivity index (χ0v) is 18.2. The number of hydrogen-bond donors (Lipinski definition) is 1. The van der Waals surface area contributed by atoms with Crippen molar-refractivity contribution in [2.45, 2.75) is 110 Å². The summed E-state index contributed by atoms with van der Waals surface area (Å²) in [5.74, 6) is -0.755. The van der Waals surface area contributed by atoms with Gasteiger partial charge in [-0.2, -0.15) is 0 Å². The molecule has 6 heteroatoms. The topological polar surface area (TPSA) is 95.7 Å². The van der Waals surface area contributed by atoms with Crippen LogP contribution in [0, 0.1) is 5.92 Å². The highest BCUT2D eigenvalue weighted by atomic mass is 16.5. The largest absolute Gasteiger partial charge is 0.466 e. The summed E-state index contributed by atoms with van der Waals surface area (Å²) >= 11 is 0. The number of rotatable bonds is 18. The molecule has 2 N–H and O–H groups in total. The van der Waals surface area contributed by atoms with Crippen LogP contribution < -0.4 is 5.73 Å². The highest BCUT2D eigenvalue weighted by molar-refractivity contribution is 5.76. The molecule has 28 heavy (non-hydrogen) atoms. The quantitative estimate of drug-likeness (QED) is 0.267. The lowest BCUT2D eigenvalue weighted by atomic mass is 9.93. The van der Waals surface area contributed by atoms with E-state index in [1.165, 1.54) is 6.92 Å². The smallest absolute Gasteiger partial charge is 0.305 e. The summed E-state index contributed by atoms with van der Waals surface area (Å²) in [6.45, 7) is 5.83. The van der Waals surface area contributed by atoms with Gasteiger partial charge in [0, 0.05) is 19.3 Å². The first-order valence-corrected chi connectivity index (χ1v) is 11.0. The molecule has 0 aliphatic carbocycles. The Bertz CT molecular complexity index is 439. The van der Waals surface area contributed by atoms with Gasteiger partial charge in [0.05, 0.1) is 6.61 Å². The van der Waals surface area contributed by atoms with Crippen LogP contribution >= 0.6 is 0 Å². The first-order chi connectivity index (χ1) is 13.4. The molecule has 164 valence electrons. The van der Waals surface area contributed by atoms with Gasteiger partial charge in [0.15, 0.2) is 0 Å². The average Bonchev–Trinajstić information content (AvgIpc) is 2.62. The van der Waals surface area contributed by atoms with E-state index in [1.807, 2.05) is 6.92 Å². The molecule has 0 spiro atoms. The van der Waals surface area contributed by atoms with E-state index < -0.39 is 0 Å². The number of unbranched alkanes of at least 4 members (excludes halogenated alkanes) is 5. The van der Waals surface area contributed by atoms with Gasteiger partial charge >= 0.3 is 11.9 Å². The van der Waals surface area contributed by atoms with E-state index >= 15 is 0 Å². The summed E-state index contributed by atoms with van der Waals surface area (Å²) in [6.07, 6.45) is 11.4. The molecule has 1 unspecified atom stereocenters. The Hall–Kier alpha value is -1.59. The van der Waals surface area contributed by atoms with Gasteiger partial charge in [-0.15, -0.1) is 0 Å². The lowest BCUT2D eigenvalue weighted by Crippen LogP contribution is -2.24. The number of amides is 1. The van der Waals surface area contributed by atoms with Crippen molar-refractivity contribution in [3.63, 3.8) is 0 Å². The van der Waals surface area contributed by atoms with Gasteiger partial charge in [0.1, 0.15) is 6.10 Å². The van der Waals surface area contributed by atoms with Crippen molar-refractivity contribution >= 4 is 17.8 Å². The van der Waals surface area contributed by atoms with Crippen LogP contribution in [0.1, 0.15) is 104 Å². The molecule has 0 heterocycles. The Morgan fingerprint density at radius 3 is 2.04 bits per heavy atom. The molecule has 0 rings (SSSR count). The molecule has 0 aliphatic rings. The van der Waals surface area contributed by atoms with Crippen LogP contribution in [-0.4, -0.2) is 30.6 Å². The first kappa shape index (κ1) is 26.4. The lowest BCUT2D eigenvalue weighted by Gasteiger charge is -2.18. The van der Waals surface area contributed by atoms with Gasteiger partial charge in [-0.25, -0.2) is 0 Å². The van der Waals surface area contributed by atoms with Crippen molar-refractivity contribution < 1.29 is 23.9 Å². The van der Waals surface area contributed by atoms with Crippen LogP contribution in [0.25, 0.3) is 0 Å². The lowest BCUT2D eigenvalue weighted by molar-refractivity contribution is -0.147. The van der Waals surface area contributed by atoms with E-state index in [9.17, 15) is 14.4 Å². The van der Waals surface area contributed by atoms with Crippen LogP contribution in [0.4, 0.5) is 0 Å². The molecule has 0 aromatic rings. The molecule has 2 atom stereocenters. The van der Waals surface area contributed by atoms with Crippen molar-refractivity contribution in [2.24, 2.45) is 11.7 Å². The molecule has 0 radical (unpaired) electrons. The maximum absolute atomic E-state index is 11.7. The summed E-state index contributed by atoms with van der Waals surface area (Å²) in [5, 5.41) is 0. The molecule has 1 amide bonds. The van der Waals surface area contributed by atoms with Gasteiger partial charge in [0.25, 0.3) is 0 Å². The van der Waals surface area contributed by atoms with Gasteiger partial charge in [-0.05, 0) is 51.9 Å². The highest BCUT2D eigenvalue weighted by Gasteiger charge is 2.17. The van der Waals surface area contributed by atoms with E-state index in [1.54, 1.807) is 0 Å². The maximum Gasteiger partial charge on any atom is 0.305 e. The Kier molecular flexibility index (Phi) is 16.5. The minimum Gasteiger partial charge on any atom is -0.466 e. The van der Waals surface area contributed by atoms with Crippen molar-refractivity contribution in [2.75, 3.05) is 6.61 Å². The molecule has 0 aromatic heterocycles. The number of carbonyl (C=O) groups excluding carboxylic acids is 3. The fourth-order valence-electron chi connectivity index (χ4n) is 3.39. The summed E-state index contributed by atoms with van der Waals surface area (Å²) in [5.41, 5.74) is 5.56. The average molecular weight is 400 g/mol. The molecule has 0 aliphatic heterocycles. The predicted molar refractivity (Wildman–Crippen MR) is 111 cm³/mol. The zero-order valence-electron chi connectivity index (χ0n) is 18.2. The van der Waals surface area contributed by atoms with Crippen LogP contribution in [0.2, 0.25) is 0 Å². The summed E-state index contributed by atoms with van der Waals surface area (Å²) < 4.78 is 10.3. The maximum atomic E-state index is 11.7. The molecule has 0 bridgehead atoms. The van der Waals surface area contributed by atoms with Crippen LogP contribution in [0.15, 0.2) is 0 Å². The third kappa shape index (κ3) is 15.5. The molecule has 0 fully saturated rings. The number of ether oxygens (including phenoxy) is 2. The Morgan fingerprint density at radius 1 is 0.821 bits per heavy atom. The van der Waals surface area contributed by atoms with Crippen LogP contribution in [0.5, 0.6) is 0 Å². The number of hydrogen-bond acceptors (Lipinski definition) is 5. The Morgan fingerprint density at radius 2 is 1.43 bits per heavy atom. The summed E-state index contributed by atoms with van der Waals surface area (Å²) in [6, 6.07) is 0. The van der Waals surface area contributed by atoms with E-state index in [-0.39, 0.29) is 29.9 Å². The molecule has 6 nitrogen and oxygen atoms in total. The van der Waals surface area contributed by atoms with E-state index in [4.69, 9.17) is 15.2 Å². The second-order valence-electron chi connectivity index (χ2n) is 7.52. The molecule has 0 saturated carbocycles. The zero-order chi connectivity index (χ0) is 21.2. The minimum absolute atomic E-state index is 0.0551. The fourth-order valence-corrected chi connectivity index (χ4v) is 3.39. The standard InChI is InChI=1S/C22H41NO5/c1-4-6-9-15-20(28-18(3)24)16-12-14-19(22(23)26)13-10-7-8-11-17-21(25)27-5-2/h19-20H,4-17H2,1-3H3,(H2,23,26)/t19?,20-/m0/s1. The van der Waals surface area contributed by atoms with Crippen LogP contribution in [-0.2, 0) is 23.9 Å². The number of esters is 2. The molecule has 0 aromatic carbocycles. The second kappa shape index (κ2) is 17.5. The number of carbonyl (C=O) groups is 3. The van der Waals surface area contributed by atoms with Crippen molar-refractivity contribution in [1.82, 2.24) is 0 Å². The fraction of sp³-hybridized carbons (Fsp3) is 0.864. The van der Waals surface area contributed by atoms with Gasteiger partial charge in [-0.3, -0.25) is 14.4 Å². The SMILES string of the molecule is CCCCC[C@@H](CCCC(CCCCCCC(=O)OCC)C(N)=O)OC(C)=O. The monoisotopic (exact) mass is 399 g/mol. The van der Waals surface area contributed by atoms with Gasteiger partial charge in [-0.1, -0.05) is 39.0 Å². The minimum atomic E-state index is -0.249. The van der Waals surface area contributed by atoms with Crippen LogP contribution in [0.3, 0.4) is 0 Å². The van der Waals surface area contributed by atoms with Gasteiger partial charge < -0.3 is 15.2 Å². The van der Waals surface area contributed by atoms with Gasteiger partial charge in [0.2, 0.25) is 5.91 Å². The summed E-state index contributed by atoms with van der Waals surface area (Å²) in [7, 11) is 0. The third-order valence-electron chi connectivity index (χ3n) is 4.93. The highest BCUT2D eigenvalue weighted by Crippen LogP contribution is 2.20. The van der Waals surface area contributed by atoms with E-state index in [0.717, 1.165) is 77.0 Å². The molecule has 0 saturated heterocycles. The Balaban J connectivity index is 4.06. The predicted octanol–water partition coefficient (Wildman–Crippen LogP) is 4.67. The third-order valence-corrected chi connectivity index (χ3v) is 4.93. The van der Waals surface area contributed by atoms with E-state index in [0.29, 0.717) is 13.0 Å². The van der Waals surface area contributed by atoms with Crippen molar-refractivity contribution in [3.05, 3.63) is 0 Å². The summed E-state index contributed by atoms with van der Waals surface area (Å²) in [4.78, 5) is 34.3. The second-order valence-corrected chi connectivity index (χ2v) is 7.52. The number of primary amides is 1. The van der Waals surface area contributed by atoms with Crippen molar-refractivity contribution in [1.29, 1.82) is 0 Å². The Labute approximate surface area is 170 Å². The normalized spacial score (nSPS) is 13.0.